The Morgan fingerprint density at radius 3 is 2.79 bits per heavy atom. The highest BCUT2D eigenvalue weighted by atomic mass is 32.2. The maximum atomic E-state index is 13.0. The third kappa shape index (κ3) is 5.48. The van der Waals surface area contributed by atoms with Crippen molar-refractivity contribution in [2.24, 2.45) is 0 Å². The second-order valence-electron chi connectivity index (χ2n) is 7.27. The van der Waals surface area contributed by atoms with Gasteiger partial charge in [0, 0.05) is 13.0 Å². The molecule has 3 rings (SSSR count). The van der Waals surface area contributed by atoms with E-state index < -0.39 is 0 Å². The molecule has 0 aliphatic heterocycles. The third-order valence-electron chi connectivity index (χ3n) is 4.56. The van der Waals surface area contributed by atoms with Gasteiger partial charge in [0.05, 0.1) is 49.6 Å². The van der Waals surface area contributed by atoms with Crippen molar-refractivity contribution >= 4 is 28.6 Å². The van der Waals surface area contributed by atoms with Crippen molar-refractivity contribution in [3.05, 3.63) is 58.8 Å². The van der Waals surface area contributed by atoms with Crippen molar-refractivity contribution in [1.29, 1.82) is 0 Å². The molecule has 0 bridgehead atoms. The molecule has 0 unspecified atom stereocenters. The van der Waals surface area contributed by atoms with Gasteiger partial charge in [0.2, 0.25) is 5.91 Å². The Morgan fingerprint density at radius 2 is 2.07 bits per heavy atom. The molecule has 3 aromatic rings. The Bertz CT molecular complexity index is 1010. The quantitative estimate of drug-likeness (QED) is 0.409. The molecule has 1 amide bonds. The first-order chi connectivity index (χ1) is 14.0. The first-order valence-corrected chi connectivity index (χ1v) is 10.7. The summed E-state index contributed by atoms with van der Waals surface area (Å²) >= 11 is 1.28. The first kappa shape index (κ1) is 21.1. The summed E-state index contributed by atoms with van der Waals surface area (Å²) in [4.78, 5) is 31.4. The van der Waals surface area contributed by atoms with Crippen molar-refractivity contribution in [2.75, 3.05) is 26.4 Å². The lowest BCUT2D eigenvalue weighted by Crippen LogP contribution is -3.05. The second-order valence-corrected chi connectivity index (χ2v) is 8.21. The van der Waals surface area contributed by atoms with E-state index in [2.05, 4.69) is 24.4 Å². The molecule has 1 atom stereocenters. The summed E-state index contributed by atoms with van der Waals surface area (Å²) in [5, 5.41) is 4.08. The minimum atomic E-state index is -0.215. The number of nitrogens with one attached hydrogen (secondary N) is 2. The molecule has 0 radical (unpaired) electrons. The summed E-state index contributed by atoms with van der Waals surface area (Å²) in [5.74, 6) is 0.746. The fourth-order valence-electron chi connectivity index (χ4n) is 3.07. The summed E-state index contributed by atoms with van der Waals surface area (Å²) in [6, 6.07) is 10.7. The lowest BCUT2D eigenvalue weighted by atomic mass is 10.2. The molecule has 0 saturated carbocycles. The number of nitrogens with zero attached hydrogens (tertiary/aromatic N) is 2. The zero-order valence-electron chi connectivity index (χ0n) is 17.0. The predicted octanol–water partition coefficient (Wildman–Crippen LogP) is 1.49. The van der Waals surface area contributed by atoms with E-state index in [1.807, 2.05) is 31.2 Å². The van der Waals surface area contributed by atoms with Crippen molar-refractivity contribution in [2.45, 2.75) is 31.1 Å². The first-order valence-electron chi connectivity index (χ1n) is 9.70. The van der Waals surface area contributed by atoms with Crippen LogP contribution in [-0.4, -0.2) is 41.9 Å². The van der Waals surface area contributed by atoms with Gasteiger partial charge in [-0.15, -0.1) is 0 Å². The van der Waals surface area contributed by atoms with Gasteiger partial charge in [-0.25, -0.2) is 4.98 Å². The maximum Gasteiger partial charge on any atom is 0.262 e. The van der Waals surface area contributed by atoms with Crippen LogP contribution in [0.1, 0.15) is 25.1 Å². The van der Waals surface area contributed by atoms with Crippen LogP contribution in [-0.2, 0) is 11.3 Å². The molecule has 0 aliphatic rings. The van der Waals surface area contributed by atoms with E-state index >= 15 is 0 Å². The van der Waals surface area contributed by atoms with Crippen LogP contribution in [0.5, 0.6) is 0 Å². The summed E-state index contributed by atoms with van der Waals surface area (Å²) in [5.41, 5.74) is 0.593. The molecule has 0 saturated heterocycles. The Balaban J connectivity index is 1.75. The van der Waals surface area contributed by atoms with E-state index in [9.17, 15) is 9.59 Å². The van der Waals surface area contributed by atoms with Crippen molar-refractivity contribution < 1.29 is 14.1 Å². The van der Waals surface area contributed by atoms with Gasteiger partial charge in [-0.05, 0) is 31.2 Å². The highest BCUT2D eigenvalue weighted by Crippen LogP contribution is 2.19. The maximum absolute atomic E-state index is 13.0. The fraction of sp³-hybridized carbons (Fsp3) is 0.381. The van der Waals surface area contributed by atoms with Gasteiger partial charge in [-0.3, -0.25) is 14.2 Å². The molecular formula is C21H27N4O3S+. The molecule has 0 spiro atoms. The van der Waals surface area contributed by atoms with Gasteiger partial charge in [0.1, 0.15) is 5.76 Å². The predicted molar refractivity (Wildman–Crippen MR) is 114 cm³/mol. The summed E-state index contributed by atoms with van der Waals surface area (Å²) in [6.45, 7) is 3.40. The van der Waals surface area contributed by atoms with Crippen LogP contribution < -0.4 is 15.8 Å². The Hall–Kier alpha value is -2.58. The summed E-state index contributed by atoms with van der Waals surface area (Å²) < 4.78 is 7.02. The smallest absolute Gasteiger partial charge is 0.262 e. The largest absolute Gasteiger partial charge is 0.467 e. The average molecular weight is 416 g/mol. The van der Waals surface area contributed by atoms with Crippen LogP contribution in [0.4, 0.5) is 0 Å². The lowest BCUT2D eigenvalue weighted by molar-refractivity contribution is -0.858. The van der Waals surface area contributed by atoms with Crippen LogP contribution in [0, 0.1) is 0 Å². The van der Waals surface area contributed by atoms with E-state index in [1.165, 1.54) is 16.7 Å². The highest BCUT2D eigenvalue weighted by Gasteiger charge is 2.16. The fourth-order valence-corrected chi connectivity index (χ4v) is 3.90. The number of hydrogen-bond donors (Lipinski definition) is 2. The Morgan fingerprint density at radius 1 is 1.28 bits per heavy atom. The molecule has 29 heavy (non-hydrogen) atoms. The number of carbonyl (C=O) groups is 1. The molecule has 2 aromatic heterocycles. The average Bonchev–Trinajstić information content (AvgIpc) is 3.23. The SMILES string of the molecule is C[C@@H](NC(=O)CSc1nc2ccccc2c(=O)n1CCC[NH+](C)C)c1ccco1. The van der Waals surface area contributed by atoms with Gasteiger partial charge in [-0.1, -0.05) is 23.9 Å². The number of amides is 1. The highest BCUT2D eigenvalue weighted by molar-refractivity contribution is 7.99. The minimum Gasteiger partial charge on any atom is -0.467 e. The molecule has 0 aliphatic carbocycles. The van der Waals surface area contributed by atoms with Gasteiger partial charge < -0.3 is 14.6 Å². The number of benzene rings is 1. The van der Waals surface area contributed by atoms with Gasteiger partial charge in [0.25, 0.3) is 5.56 Å². The van der Waals surface area contributed by atoms with E-state index in [-0.39, 0.29) is 23.3 Å². The number of hydrogen-bond acceptors (Lipinski definition) is 5. The molecule has 7 nitrogen and oxygen atoms in total. The standard InChI is InChI=1S/C21H26N4O3S/c1-15(18-10-6-13-28-18)22-19(26)14-29-21-23-17-9-5-4-8-16(17)20(27)25(21)12-7-11-24(2)3/h4-6,8-10,13,15H,7,11-12,14H2,1-3H3,(H,22,26)/p+1/t15-/m1/s1. The van der Waals surface area contributed by atoms with Crippen LogP contribution in [0.3, 0.4) is 0 Å². The molecule has 154 valence electrons. The number of para-hydroxylation sites is 1. The number of fused-ring (bicyclic) bond motifs is 1. The van der Waals surface area contributed by atoms with Gasteiger partial charge in [-0.2, -0.15) is 0 Å². The lowest BCUT2D eigenvalue weighted by Gasteiger charge is -2.15. The van der Waals surface area contributed by atoms with E-state index in [1.54, 1.807) is 23.0 Å². The van der Waals surface area contributed by atoms with Gasteiger partial charge >= 0.3 is 0 Å². The van der Waals surface area contributed by atoms with Crippen LogP contribution in [0.25, 0.3) is 10.9 Å². The van der Waals surface area contributed by atoms with Crippen molar-refractivity contribution in [3.63, 3.8) is 0 Å². The number of thioether (sulfide) groups is 1. The number of carbonyl (C=O) groups excluding carboxylic acids is 1. The van der Waals surface area contributed by atoms with E-state index in [0.717, 1.165) is 13.0 Å². The molecule has 8 heteroatoms. The molecule has 2 N–H and O–H groups in total. The van der Waals surface area contributed by atoms with Crippen LogP contribution in [0.15, 0.2) is 57.0 Å². The molecule has 0 fully saturated rings. The zero-order chi connectivity index (χ0) is 20.8. The topological polar surface area (TPSA) is 81.6 Å². The van der Waals surface area contributed by atoms with Crippen molar-refractivity contribution in [3.8, 4) is 0 Å². The molecule has 2 heterocycles. The van der Waals surface area contributed by atoms with E-state index in [0.29, 0.717) is 28.4 Å². The second kappa shape index (κ2) is 9.76. The summed E-state index contributed by atoms with van der Waals surface area (Å²) in [6.07, 6.45) is 2.44. The third-order valence-corrected chi connectivity index (χ3v) is 5.54. The van der Waals surface area contributed by atoms with Gasteiger partial charge in [0.15, 0.2) is 5.16 Å². The Kier molecular flexibility index (Phi) is 7.11. The van der Waals surface area contributed by atoms with Crippen LogP contribution >= 0.6 is 11.8 Å². The monoisotopic (exact) mass is 415 g/mol. The number of quaternary nitrogens is 1. The van der Waals surface area contributed by atoms with E-state index in [4.69, 9.17) is 4.42 Å². The number of aromatic nitrogens is 2. The Labute approximate surface area is 174 Å². The molecule has 1 aromatic carbocycles. The number of furan rings is 1. The molecular weight excluding hydrogens is 388 g/mol. The normalized spacial score (nSPS) is 12.4. The zero-order valence-corrected chi connectivity index (χ0v) is 17.8. The van der Waals surface area contributed by atoms with Crippen LogP contribution in [0.2, 0.25) is 0 Å². The minimum absolute atomic E-state index is 0.0591. The number of rotatable bonds is 9. The van der Waals surface area contributed by atoms with Crippen molar-refractivity contribution in [1.82, 2.24) is 14.9 Å². The summed E-state index contributed by atoms with van der Waals surface area (Å²) in [7, 11) is 4.17.